The predicted octanol–water partition coefficient (Wildman–Crippen LogP) is 1.99. The van der Waals surface area contributed by atoms with Gasteiger partial charge in [0, 0.05) is 23.4 Å². The van der Waals surface area contributed by atoms with Crippen LogP contribution in [0.4, 0.5) is 0 Å². The van der Waals surface area contributed by atoms with Crippen molar-refractivity contribution in [3.05, 3.63) is 60.8 Å². The van der Waals surface area contributed by atoms with Gasteiger partial charge in [-0.1, -0.05) is 23.2 Å². The molecule has 13 heteroatoms. The molecule has 5 atom stereocenters. The molecule has 1 saturated heterocycles. The van der Waals surface area contributed by atoms with Gasteiger partial charge in [0.25, 0.3) is 5.56 Å². The maximum Gasteiger partial charge on any atom is 0.330 e. The number of aromatic nitrogens is 2. The molecule has 3 rings (SSSR count). The smallest absolute Gasteiger partial charge is 0.330 e. The van der Waals surface area contributed by atoms with Gasteiger partial charge < -0.3 is 29.2 Å². The van der Waals surface area contributed by atoms with Crippen LogP contribution in [0.1, 0.15) is 39.5 Å². The van der Waals surface area contributed by atoms with Crippen molar-refractivity contribution >= 4 is 29.2 Å². The van der Waals surface area contributed by atoms with E-state index in [1.807, 2.05) is 0 Å². The highest BCUT2D eigenvalue weighted by Gasteiger charge is 2.46. The topological polar surface area (TPSA) is 149 Å². The Labute approximate surface area is 216 Å². The number of nitrogens with one attached hydrogen (secondary N) is 1. The van der Waals surface area contributed by atoms with E-state index in [2.05, 4.69) is 4.98 Å². The second kappa shape index (κ2) is 11.4. The zero-order chi connectivity index (χ0) is 26.8. The summed E-state index contributed by atoms with van der Waals surface area (Å²) in [5, 5.41) is 20.5. The van der Waals surface area contributed by atoms with Gasteiger partial charge in [0.15, 0.2) is 18.3 Å². The van der Waals surface area contributed by atoms with E-state index in [1.54, 1.807) is 27.7 Å². The van der Waals surface area contributed by atoms with E-state index in [9.17, 15) is 24.6 Å². The quantitative estimate of drug-likeness (QED) is 0.256. The monoisotopic (exact) mass is 546 g/mol. The van der Waals surface area contributed by atoms with E-state index in [4.69, 9.17) is 42.1 Å². The molecule has 11 nitrogen and oxygen atoms in total. The highest BCUT2D eigenvalue weighted by Crippen LogP contribution is 2.34. The Morgan fingerprint density at radius 2 is 1.94 bits per heavy atom. The van der Waals surface area contributed by atoms with Crippen molar-refractivity contribution in [1.82, 2.24) is 9.55 Å². The number of benzene rings is 1. The Morgan fingerprint density at radius 3 is 2.56 bits per heavy atom. The van der Waals surface area contributed by atoms with Crippen LogP contribution in [0.25, 0.3) is 0 Å². The molecule has 1 fully saturated rings. The summed E-state index contributed by atoms with van der Waals surface area (Å²) < 4.78 is 23.5. The van der Waals surface area contributed by atoms with Gasteiger partial charge in [0.2, 0.25) is 0 Å². The SMILES string of the molecule is CC(OCc1cc(Cl)c(OC(=O)C(C)(C)C)cc1Cl)O[C@@H]1[C@H](O)[C@@H](CO)O[C@H]1n1ccc(=O)[nH]c1=O. The lowest BCUT2D eigenvalue weighted by atomic mass is 9.97. The number of halogens is 2. The van der Waals surface area contributed by atoms with E-state index >= 15 is 0 Å². The van der Waals surface area contributed by atoms with Crippen molar-refractivity contribution in [3.8, 4) is 5.75 Å². The molecule has 0 spiro atoms. The average Bonchev–Trinajstić information content (AvgIpc) is 3.09. The fraction of sp³-hybridized carbons (Fsp3) is 0.522. The molecule has 2 aromatic rings. The third-order valence-corrected chi connectivity index (χ3v) is 6.00. The molecule has 0 amide bonds. The van der Waals surface area contributed by atoms with Crippen molar-refractivity contribution in [2.24, 2.45) is 5.41 Å². The number of hydrogen-bond donors (Lipinski definition) is 3. The van der Waals surface area contributed by atoms with Gasteiger partial charge in [-0.25, -0.2) is 4.79 Å². The van der Waals surface area contributed by atoms with E-state index in [0.29, 0.717) is 5.56 Å². The number of aliphatic hydroxyl groups is 2. The number of ether oxygens (including phenoxy) is 4. The van der Waals surface area contributed by atoms with Crippen LogP contribution in [0.15, 0.2) is 34.0 Å². The lowest BCUT2D eigenvalue weighted by molar-refractivity contribution is -0.198. The first kappa shape index (κ1) is 28.3. The van der Waals surface area contributed by atoms with Crippen molar-refractivity contribution in [2.45, 2.75) is 65.1 Å². The average molecular weight is 547 g/mol. The van der Waals surface area contributed by atoms with Crippen LogP contribution in [0.5, 0.6) is 5.75 Å². The third kappa shape index (κ3) is 6.54. The fourth-order valence-electron chi connectivity index (χ4n) is 3.35. The summed E-state index contributed by atoms with van der Waals surface area (Å²) in [4.78, 5) is 37.9. The molecule has 0 radical (unpaired) electrons. The van der Waals surface area contributed by atoms with E-state index in [0.717, 1.165) is 10.6 Å². The van der Waals surface area contributed by atoms with Gasteiger partial charge in [-0.15, -0.1) is 0 Å². The lowest BCUT2D eigenvalue weighted by Gasteiger charge is -2.26. The summed E-state index contributed by atoms with van der Waals surface area (Å²) in [7, 11) is 0. The van der Waals surface area contributed by atoms with E-state index in [-0.39, 0.29) is 22.4 Å². The molecule has 1 aromatic heterocycles. The Bertz CT molecular complexity index is 1210. The number of rotatable bonds is 8. The van der Waals surface area contributed by atoms with Crippen molar-refractivity contribution in [2.75, 3.05) is 6.61 Å². The fourth-order valence-corrected chi connectivity index (χ4v) is 3.78. The van der Waals surface area contributed by atoms with Crippen LogP contribution in [0.2, 0.25) is 10.0 Å². The van der Waals surface area contributed by atoms with Crippen molar-refractivity contribution in [1.29, 1.82) is 0 Å². The molecular weight excluding hydrogens is 519 g/mol. The summed E-state index contributed by atoms with van der Waals surface area (Å²) in [5.74, 6) is -0.355. The van der Waals surface area contributed by atoms with Crippen LogP contribution in [-0.4, -0.2) is 56.9 Å². The zero-order valence-electron chi connectivity index (χ0n) is 20.1. The van der Waals surface area contributed by atoms with Crippen molar-refractivity contribution in [3.63, 3.8) is 0 Å². The minimum atomic E-state index is -1.29. The highest BCUT2D eigenvalue weighted by molar-refractivity contribution is 6.34. The minimum Gasteiger partial charge on any atom is -0.424 e. The minimum absolute atomic E-state index is 0.0520. The standard InChI is InChI=1S/C23H28Cl2N2O9/c1-11(33-10-12-7-14(25)15(8-13(12)24)36-21(31)23(2,3)4)34-19-18(30)16(9-28)35-20(19)27-6-5-17(29)26-22(27)32/h5-8,11,16,18-20,28,30H,9-10H2,1-4H3,(H,26,29,32)/t11?,16-,18-,19-,20-/m1/s1. The molecule has 1 aliphatic heterocycles. The molecule has 1 aromatic carbocycles. The molecule has 36 heavy (non-hydrogen) atoms. The highest BCUT2D eigenvalue weighted by atomic mass is 35.5. The predicted molar refractivity (Wildman–Crippen MR) is 129 cm³/mol. The van der Waals surface area contributed by atoms with Gasteiger partial charge in [0.1, 0.15) is 18.3 Å². The summed E-state index contributed by atoms with van der Waals surface area (Å²) in [6.07, 6.45) is -4.29. The van der Waals surface area contributed by atoms with E-state index in [1.165, 1.54) is 18.3 Å². The Morgan fingerprint density at radius 1 is 1.25 bits per heavy atom. The second-order valence-corrected chi connectivity index (χ2v) is 10.1. The second-order valence-electron chi connectivity index (χ2n) is 9.25. The first-order valence-corrected chi connectivity index (χ1v) is 11.8. The number of aromatic amines is 1. The van der Waals surface area contributed by atoms with Gasteiger partial charge in [-0.3, -0.25) is 19.1 Å². The molecule has 0 bridgehead atoms. The first-order valence-electron chi connectivity index (χ1n) is 11.0. The summed E-state index contributed by atoms with van der Waals surface area (Å²) in [5.41, 5.74) is -1.62. The van der Waals surface area contributed by atoms with Crippen LogP contribution < -0.4 is 16.0 Å². The number of hydrogen-bond acceptors (Lipinski definition) is 9. The molecule has 198 valence electrons. The largest absolute Gasteiger partial charge is 0.424 e. The molecule has 0 aliphatic carbocycles. The van der Waals surface area contributed by atoms with Crippen LogP contribution >= 0.6 is 23.2 Å². The first-order chi connectivity index (χ1) is 16.8. The van der Waals surface area contributed by atoms with Gasteiger partial charge in [0.05, 0.1) is 23.7 Å². The van der Waals surface area contributed by atoms with Crippen LogP contribution in [0.3, 0.4) is 0 Å². The Hall–Kier alpha value is -2.25. The molecule has 1 unspecified atom stereocenters. The maximum atomic E-state index is 12.2. The Kier molecular flexibility index (Phi) is 8.99. The Balaban J connectivity index is 1.70. The number of H-pyrrole nitrogens is 1. The molecule has 2 heterocycles. The van der Waals surface area contributed by atoms with Gasteiger partial charge in [-0.2, -0.15) is 0 Å². The summed E-state index contributed by atoms with van der Waals surface area (Å²) in [6, 6.07) is 4.03. The third-order valence-electron chi connectivity index (χ3n) is 5.36. The van der Waals surface area contributed by atoms with E-state index < -0.39 is 60.1 Å². The molecular formula is C23H28Cl2N2O9. The molecule has 0 saturated carbocycles. The van der Waals surface area contributed by atoms with Crippen LogP contribution in [-0.2, 0) is 25.6 Å². The normalized spacial score (nSPS) is 23.0. The number of carbonyl (C=O) groups excluding carboxylic acids is 1. The maximum absolute atomic E-state index is 12.2. The molecule has 1 aliphatic rings. The number of esters is 1. The number of carbonyl (C=O) groups is 1. The summed E-state index contributed by atoms with van der Waals surface area (Å²) >= 11 is 12.6. The van der Waals surface area contributed by atoms with Gasteiger partial charge >= 0.3 is 11.7 Å². The number of aliphatic hydroxyl groups excluding tert-OH is 2. The van der Waals surface area contributed by atoms with Crippen molar-refractivity contribution < 1.29 is 34.0 Å². The zero-order valence-corrected chi connectivity index (χ0v) is 21.6. The van der Waals surface area contributed by atoms with Crippen LogP contribution in [0, 0.1) is 5.41 Å². The lowest BCUT2D eigenvalue weighted by Crippen LogP contribution is -2.41. The number of nitrogens with zero attached hydrogens (tertiary/aromatic N) is 1. The molecule has 3 N–H and O–H groups in total. The van der Waals surface area contributed by atoms with Gasteiger partial charge in [-0.05, 0) is 39.3 Å². The summed E-state index contributed by atoms with van der Waals surface area (Å²) in [6.45, 7) is 6.11.